The number of aromatic nitrogens is 1. The molecular formula is C15H10ClN3O2S3. The van der Waals surface area contributed by atoms with Gasteiger partial charge in [0.25, 0.3) is 5.91 Å². The summed E-state index contributed by atoms with van der Waals surface area (Å²) in [6.07, 6.45) is 3.27. The Hall–Kier alpha value is -1.74. The highest BCUT2D eigenvalue weighted by atomic mass is 35.5. The van der Waals surface area contributed by atoms with Gasteiger partial charge >= 0.3 is 0 Å². The summed E-state index contributed by atoms with van der Waals surface area (Å²) in [5.41, 5.74) is 0.729. The maximum Gasteiger partial charge on any atom is 0.266 e. The molecule has 1 aliphatic heterocycles. The largest absolute Gasteiger partial charge is 0.300 e. The second-order valence-corrected chi connectivity index (χ2v) is 7.65. The van der Waals surface area contributed by atoms with Crippen LogP contribution in [-0.4, -0.2) is 32.6 Å². The van der Waals surface area contributed by atoms with Crippen LogP contribution in [0.15, 0.2) is 40.7 Å². The van der Waals surface area contributed by atoms with Gasteiger partial charge in [0.15, 0.2) is 5.13 Å². The minimum atomic E-state index is -0.347. The van der Waals surface area contributed by atoms with Gasteiger partial charge in [-0.1, -0.05) is 53.8 Å². The second-order valence-electron chi connectivity index (χ2n) is 4.67. The van der Waals surface area contributed by atoms with Crippen molar-refractivity contribution in [3.05, 3.63) is 51.3 Å². The summed E-state index contributed by atoms with van der Waals surface area (Å²) in [6.45, 7) is -0.149. The SMILES string of the molecule is O=C(CN1C(=O)C(=Cc2ccccc2Cl)SC1=S)Nc1nccs1. The molecule has 2 amide bonds. The van der Waals surface area contributed by atoms with Crippen LogP contribution in [0.25, 0.3) is 6.08 Å². The summed E-state index contributed by atoms with van der Waals surface area (Å²) >= 11 is 13.8. The summed E-state index contributed by atoms with van der Waals surface area (Å²) < 4.78 is 0.340. The molecule has 1 aromatic carbocycles. The normalized spacial score (nSPS) is 16.0. The maximum atomic E-state index is 12.5. The highest BCUT2D eigenvalue weighted by Gasteiger charge is 2.33. The van der Waals surface area contributed by atoms with Gasteiger partial charge in [0.2, 0.25) is 5.91 Å². The number of benzene rings is 1. The number of hydrogen-bond acceptors (Lipinski definition) is 6. The van der Waals surface area contributed by atoms with Crippen molar-refractivity contribution in [1.82, 2.24) is 9.88 Å². The molecule has 24 heavy (non-hydrogen) atoms. The number of thiazole rings is 1. The third-order valence-electron chi connectivity index (χ3n) is 3.05. The molecule has 1 aromatic heterocycles. The molecule has 9 heteroatoms. The number of hydrogen-bond donors (Lipinski definition) is 1. The molecule has 0 aliphatic carbocycles. The van der Waals surface area contributed by atoms with Gasteiger partial charge in [0.1, 0.15) is 10.9 Å². The van der Waals surface area contributed by atoms with Crippen LogP contribution in [-0.2, 0) is 9.59 Å². The van der Waals surface area contributed by atoms with Crippen molar-refractivity contribution in [3.8, 4) is 0 Å². The van der Waals surface area contributed by atoms with Gasteiger partial charge in [-0.05, 0) is 17.7 Å². The van der Waals surface area contributed by atoms with Crippen molar-refractivity contribution in [1.29, 1.82) is 0 Å². The molecule has 3 rings (SSSR count). The molecule has 1 fully saturated rings. The van der Waals surface area contributed by atoms with Crippen LogP contribution in [0.3, 0.4) is 0 Å². The van der Waals surface area contributed by atoms with E-state index >= 15 is 0 Å². The minimum absolute atomic E-state index is 0.149. The Morgan fingerprint density at radius 3 is 2.92 bits per heavy atom. The molecule has 0 radical (unpaired) electrons. The first kappa shape index (κ1) is 17.1. The Morgan fingerprint density at radius 2 is 2.21 bits per heavy atom. The standard InChI is InChI=1S/C15H10ClN3O2S3/c16-10-4-2-1-3-9(10)7-11-13(21)19(15(22)24-11)8-12(20)18-14-17-5-6-23-14/h1-7H,8H2,(H,17,18,20). The Labute approximate surface area is 156 Å². The van der Waals surface area contributed by atoms with Crippen LogP contribution in [0.4, 0.5) is 5.13 Å². The maximum absolute atomic E-state index is 12.5. The van der Waals surface area contributed by atoms with Crippen LogP contribution >= 0.6 is 46.9 Å². The molecule has 122 valence electrons. The number of rotatable bonds is 4. The summed E-state index contributed by atoms with van der Waals surface area (Å²) in [4.78, 5) is 30.2. The Balaban J connectivity index is 1.72. The fourth-order valence-electron chi connectivity index (χ4n) is 1.96. The quantitative estimate of drug-likeness (QED) is 0.632. The van der Waals surface area contributed by atoms with E-state index in [4.69, 9.17) is 23.8 Å². The molecule has 2 heterocycles. The monoisotopic (exact) mass is 395 g/mol. The highest BCUT2D eigenvalue weighted by Crippen LogP contribution is 2.33. The molecule has 0 unspecified atom stereocenters. The number of amides is 2. The zero-order chi connectivity index (χ0) is 17.1. The molecule has 0 spiro atoms. The predicted molar refractivity (Wildman–Crippen MR) is 102 cm³/mol. The smallest absolute Gasteiger partial charge is 0.266 e. The summed E-state index contributed by atoms with van der Waals surface area (Å²) in [5.74, 6) is -0.653. The molecule has 0 saturated carbocycles. The number of carbonyl (C=O) groups is 2. The molecule has 0 atom stereocenters. The fourth-order valence-corrected chi connectivity index (χ4v) is 3.94. The van der Waals surface area contributed by atoms with Crippen molar-refractivity contribution >= 4 is 74.3 Å². The van der Waals surface area contributed by atoms with Gasteiger partial charge in [-0.2, -0.15) is 0 Å². The fraction of sp³-hybridized carbons (Fsp3) is 0.0667. The Bertz CT molecular complexity index is 836. The highest BCUT2D eigenvalue weighted by molar-refractivity contribution is 8.26. The second kappa shape index (κ2) is 7.43. The lowest BCUT2D eigenvalue weighted by Crippen LogP contribution is -2.36. The molecule has 5 nitrogen and oxygen atoms in total. The van der Waals surface area contributed by atoms with Gasteiger partial charge in [0, 0.05) is 16.6 Å². The molecular weight excluding hydrogens is 386 g/mol. The van der Waals surface area contributed by atoms with E-state index in [1.165, 1.54) is 16.2 Å². The van der Waals surface area contributed by atoms with E-state index < -0.39 is 0 Å². The lowest BCUT2D eigenvalue weighted by atomic mass is 10.2. The third-order valence-corrected chi connectivity index (χ3v) is 5.46. The molecule has 1 saturated heterocycles. The van der Waals surface area contributed by atoms with E-state index in [0.29, 0.717) is 19.4 Å². The number of thioether (sulfide) groups is 1. The van der Waals surface area contributed by atoms with E-state index in [-0.39, 0.29) is 18.4 Å². The van der Waals surface area contributed by atoms with Crippen LogP contribution in [0, 0.1) is 0 Å². The number of halogens is 1. The molecule has 2 aromatic rings. The first-order chi connectivity index (χ1) is 11.5. The van der Waals surface area contributed by atoms with Crippen LogP contribution in [0.1, 0.15) is 5.56 Å². The van der Waals surface area contributed by atoms with Crippen LogP contribution in [0.5, 0.6) is 0 Å². The summed E-state index contributed by atoms with van der Waals surface area (Å²) in [5, 5.41) is 5.41. The topological polar surface area (TPSA) is 62.3 Å². The number of thiocarbonyl (C=S) groups is 1. The van der Waals surface area contributed by atoms with Crippen molar-refractivity contribution in [2.75, 3.05) is 11.9 Å². The van der Waals surface area contributed by atoms with E-state index in [0.717, 1.165) is 17.3 Å². The van der Waals surface area contributed by atoms with Crippen molar-refractivity contribution in [3.63, 3.8) is 0 Å². The minimum Gasteiger partial charge on any atom is -0.300 e. The number of nitrogens with zero attached hydrogens (tertiary/aromatic N) is 2. The lowest BCUT2D eigenvalue weighted by Gasteiger charge is -2.13. The zero-order valence-corrected chi connectivity index (χ0v) is 15.3. The van der Waals surface area contributed by atoms with E-state index in [9.17, 15) is 9.59 Å². The van der Waals surface area contributed by atoms with Gasteiger partial charge < -0.3 is 5.32 Å². The van der Waals surface area contributed by atoms with Gasteiger partial charge in [-0.25, -0.2) is 4.98 Å². The van der Waals surface area contributed by atoms with Crippen molar-refractivity contribution < 1.29 is 9.59 Å². The molecule has 1 aliphatic rings. The van der Waals surface area contributed by atoms with Gasteiger partial charge in [0.05, 0.1) is 4.91 Å². The third kappa shape index (κ3) is 3.84. The van der Waals surface area contributed by atoms with Gasteiger partial charge in [-0.15, -0.1) is 11.3 Å². The zero-order valence-electron chi connectivity index (χ0n) is 12.1. The Morgan fingerprint density at radius 1 is 1.42 bits per heavy atom. The van der Waals surface area contributed by atoms with Crippen molar-refractivity contribution in [2.45, 2.75) is 0 Å². The summed E-state index contributed by atoms with van der Waals surface area (Å²) in [7, 11) is 0. The first-order valence-electron chi connectivity index (χ1n) is 6.74. The average Bonchev–Trinajstić information content (AvgIpc) is 3.14. The van der Waals surface area contributed by atoms with E-state index in [2.05, 4.69) is 10.3 Å². The molecule has 1 N–H and O–H groups in total. The van der Waals surface area contributed by atoms with E-state index in [1.54, 1.807) is 23.7 Å². The van der Waals surface area contributed by atoms with Crippen molar-refractivity contribution in [2.24, 2.45) is 0 Å². The van der Waals surface area contributed by atoms with Gasteiger partial charge in [-0.3, -0.25) is 14.5 Å². The average molecular weight is 396 g/mol. The first-order valence-corrected chi connectivity index (χ1v) is 9.22. The van der Waals surface area contributed by atoms with Crippen LogP contribution in [0.2, 0.25) is 5.02 Å². The van der Waals surface area contributed by atoms with Crippen LogP contribution < -0.4 is 5.32 Å². The van der Waals surface area contributed by atoms with E-state index in [1.807, 2.05) is 18.2 Å². The number of carbonyl (C=O) groups excluding carboxylic acids is 2. The predicted octanol–water partition coefficient (Wildman–Crippen LogP) is 3.64. The molecule has 0 bridgehead atoms. The lowest BCUT2D eigenvalue weighted by molar-refractivity contribution is -0.126. The number of nitrogens with one attached hydrogen (secondary N) is 1. The summed E-state index contributed by atoms with van der Waals surface area (Å²) in [6, 6.07) is 7.20. The number of anilines is 1. The Kier molecular flexibility index (Phi) is 5.30.